The third-order valence-corrected chi connectivity index (χ3v) is 11.2. The zero-order valence-corrected chi connectivity index (χ0v) is 34.5. The summed E-state index contributed by atoms with van der Waals surface area (Å²) in [6, 6.07) is 14.3. The molecular formula is C42H52ClN9O5. The number of nitrogens with one attached hydrogen (secondary N) is 4. The maximum atomic E-state index is 13.7. The Labute approximate surface area is 338 Å². The standard InChI is InChI=1S/C42H52ClN9O5/c1-23(2)37(49-42(56)57-8)40(54)52-20-24(3)15-35(52)38-46-19-34(47-38)29-11-9-28(10-12-29)31-17-32(43)33(16-25(31)4)48-39(53)30-13-14-36(45-18-30)50-21-27(6)51(22-26(50)5)41(55)44-7/h9-14,16-19,23-24,26-27,35,37H,15,20-22H2,1-8H3,(H,44,55)(H,46,47)(H,48,53)(H,49,56)/t24-,26+,27-,35-,37-/m0/s1. The van der Waals surface area contributed by atoms with E-state index in [0.29, 0.717) is 41.7 Å². The largest absolute Gasteiger partial charge is 0.453 e. The van der Waals surface area contributed by atoms with E-state index >= 15 is 0 Å². The summed E-state index contributed by atoms with van der Waals surface area (Å²) in [6.07, 6.45) is 3.45. The molecule has 2 aromatic heterocycles. The smallest absolute Gasteiger partial charge is 0.407 e. The maximum absolute atomic E-state index is 13.7. The molecule has 0 radical (unpaired) electrons. The van der Waals surface area contributed by atoms with E-state index in [9.17, 15) is 19.2 Å². The number of rotatable bonds is 9. The van der Waals surface area contributed by atoms with Gasteiger partial charge in [0.1, 0.15) is 17.7 Å². The molecule has 2 aliphatic heterocycles. The number of urea groups is 1. The number of alkyl carbamates (subject to hydrolysis) is 1. The first-order chi connectivity index (χ1) is 27.2. The minimum Gasteiger partial charge on any atom is -0.453 e. The van der Waals surface area contributed by atoms with E-state index in [-0.39, 0.29) is 47.8 Å². The molecule has 2 fully saturated rings. The molecule has 4 N–H and O–H groups in total. The molecule has 0 aliphatic carbocycles. The van der Waals surface area contributed by atoms with Gasteiger partial charge >= 0.3 is 12.1 Å². The van der Waals surface area contributed by atoms with E-state index < -0.39 is 12.1 Å². The van der Waals surface area contributed by atoms with Crippen LogP contribution in [0.4, 0.5) is 21.1 Å². The third kappa shape index (κ3) is 8.85. The van der Waals surface area contributed by atoms with Crippen LogP contribution in [0.2, 0.25) is 5.02 Å². The zero-order valence-electron chi connectivity index (χ0n) is 33.7. The second-order valence-electron chi connectivity index (χ2n) is 15.5. The molecule has 2 saturated heterocycles. The van der Waals surface area contributed by atoms with E-state index in [2.05, 4.69) is 44.7 Å². The molecule has 57 heavy (non-hydrogen) atoms. The predicted octanol–water partition coefficient (Wildman–Crippen LogP) is 6.88. The average molecular weight is 798 g/mol. The summed E-state index contributed by atoms with van der Waals surface area (Å²) < 4.78 is 4.77. The number of amides is 5. The summed E-state index contributed by atoms with van der Waals surface area (Å²) in [5.74, 6) is 1.09. The monoisotopic (exact) mass is 797 g/mol. The molecule has 0 spiro atoms. The highest BCUT2D eigenvalue weighted by atomic mass is 35.5. The fraction of sp³-hybridized carbons (Fsp3) is 0.429. The minimum atomic E-state index is -0.714. The van der Waals surface area contributed by atoms with E-state index in [0.717, 1.165) is 40.2 Å². The van der Waals surface area contributed by atoms with Crippen molar-refractivity contribution in [2.45, 2.75) is 72.1 Å². The van der Waals surface area contributed by atoms with Crippen molar-refractivity contribution >= 4 is 47.0 Å². The Kier molecular flexibility index (Phi) is 12.4. The Morgan fingerprint density at radius 3 is 2.28 bits per heavy atom. The lowest BCUT2D eigenvalue weighted by molar-refractivity contribution is -0.135. The highest BCUT2D eigenvalue weighted by Gasteiger charge is 2.40. The van der Waals surface area contributed by atoms with Crippen molar-refractivity contribution in [2.75, 3.05) is 44.0 Å². The number of methoxy groups -OCH3 is 1. The summed E-state index contributed by atoms with van der Waals surface area (Å²) in [6.45, 7) is 13.7. The summed E-state index contributed by atoms with van der Waals surface area (Å²) >= 11 is 6.75. The summed E-state index contributed by atoms with van der Waals surface area (Å²) in [5, 5.41) is 8.75. The Hall–Kier alpha value is -5.63. The van der Waals surface area contributed by atoms with Gasteiger partial charge in [-0.2, -0.15) is 0 Å². The molecule has 14 nitrogen and oxygen atoms in total. The van der Waals surface area contributed by atoms with Gasteiger partial charge in [0.05, 0.1) is 41.3 Å². The summed E-state index contributed by atoms with van der Waals surface area (Å²) in [5.41, 5.74) is 5.45. The lowest BCUT2D eigenvalue weighted by atomic mass is 9.98. The SMILES string of the molecule is CNC(=O)N1C[C@@H](C)N(c2ccc(C(=O)Nc3cc(C)c(-c4ccc(-c5cnc([C@@H]6C[C@H](C)CN6C(=O)[C@@H](NC(=O)OC)C(C)C)[nH]5)cc4)cc3Cl)cn2)C[C@@H]1C. The van der Waals surface area contributed by atoms with Crippen LogP contribution in [0.3, 0.4) is 0 Å². The highest BCUT2D eigenvalue weighted by molar-refractivity contribution is 6.34. The number of nitrogens with zero attached hydrogens (tertiary/aromatic N) is 5. The van der Waals surface area contributed by atoms with Gasteiger partial charge in [-0.25, -0.2) is 19.6 Å². The van der Waals surface area contributed by atoms with E-state index in [1.54, 1.807) is 25.5 Å². The first-order valence-electron chi connectivity index (χ1n) is 19.3. The van der Waals surface area contributed by atoms with Crippen molar-refractivity contribution in [2.24, 2.45) is 11.8 Å². The van der Waals surface area contributed by atoms with Gasteiger partial charge in [0.25, 0.3) is 5.91 Å². The molecule has 4 heterocycles. The van der Waals surface area contributed by atoms with Gasteiger partial charge in [-0.15, -0.1) is 0 Å². The Morgan fingerprint density at radius 2 is 1.63 bits per heavy atom. The normalized spacial score (nSPS) is 20.0. The van der Waals surface area contributed by atoms with Crippen molar-refractivity contribution in [1.29, 1.82) is 0 Å². The fourth-order valence-electron chi connectivity index (χ4n) is 7.75. The number of aromatic amines is 1. The van der Waals surface area contributed by atoms with Gasteiger partial charge in [0.2, 0.25) is 5.91 Å². The maximum Gasteiger partial charge on any atom is 0.407 e. The number of aryl methyl sites for hydroxylation is 1. The van der Waals surface area contributed by atoms with Crippen LogP contribution in [0.5, 0.6) is 0 Å². The molecule has 2 aromatic carbocycles. The molecule has 302 valence electrons. The van der Waals surface area contributed by atoms with Crippen LogP contribution < -0.4 is 20.9 Å². The van der Waals surface area contributed by atoms with Gasteiger partial charge < -0.3 is 40.4 Å². The second-order valence-corrected chi connectivity index (χ2v) is 15.9. The van der Waals surface area contributed by atoms with Crippen molar-refractivity contribution in [3.05, 3.63) is 82.9 Å². The van der Waals surface area contributed by atoms with Gasteiger partial charge in [0.15, 0.2) is 0 Å². The van der Waals surface area contributed by atoms with Crippen LogP contribution >= 0.6 is 11.6 Å². The predicted molar refractivity (Wildman–Crippen MR) is 221 cm³/mol. The zero-order chi connectivity index (χ0) is 41.1. The molecule has 5 atom stereocenters. The van der Waals surface area contributed by atoms with E-state index in [1.807, 2.05) is 80.0 Å². The van der Waals surface area contributed by atoms with Crippen LogP contribution in [-0.2, 0) is 9.53 Å². The highest BCUT2D eigenvalue weighted by Crippen LogP contribution is 2.37. The number of anilines is 2. The van der Waals surface area contributed by atoms with Gasteiger partial charge in [-0.1, -0.05) is 56.6 Å². The number of halogens is 1. The van der Waals surface area contributed by atoms with Crippen molar-refractivity contribution in [3.63, 3.8) is 0 Å². The molecule has 0 saturated carbocycles. The van der Waals surface area contributed by atoms with Crippen LogP contribution in [0.25, 0.3) is 22.4 Å². The molecule has 2 aliphatic rings. The minimum absolute atomic E-state index is 0.00227. The molecule has 4 aromatic rings. The topological polar surface area (TPSA) is 165 Å². The first kappa shape index (κ1) is 41.0. The number of hydrogen-bond donors (Lipinski definition) is 4. The molecule has 5 amide bonds. The van der Waals surface area contributed by atoms with Crippen LogP contribution in [-0.4, -0.2) is 101 Å². The summed E-state index contributed by atoms with van der Waals surface area (Å²) in [4.78, 5) is 69.8. The number of carbonyl (C=O) groups is 4. The Bertz CT molecular complexity index is 2110. The number of aromatic nitrogens is 3. The lowest BCUT2D eigenvalue weighted by Gasteiger charge is -2.44. The van der Waals surface area contributed by atoms with Crippen molar-refractivity contribution in [1.82, 2.24) is 35.4 Å². The van der Waals surface area contributed by atoms with E-state index in [1.165, 1.54) is 7.11 Å². The molecule has 15 heteroatoms. The number of H-pyrrole nitrogens is 1. The molecule has 0 bridgehead atoms. The van der Waals surface area contributed by atoms with Crippen LogP contribution in [0, 0.1) is 18.8 Å². The number of ether oxygens (including phenoxy) is 1. The lowest BCUT2D eigenvalue weighted by Crippen LogP contribution is -2.60. The molecule has 0 unspecified atom stereocenters. The molecular weight excluding hydrogens is 746 g/mol. The Morgan fingerprint density at radius 1 is 0.912 bits per heavy atom. The number of pyridine rings is 1. The number of likely N-dealkylation sites (tertiary alicyclic amines) is 1. The second kappa shape index (κ2) is 17.2. The van der Waals surface area contributed by atoms with Crippen molar-refractivity contribution in [3.8, 4) is 22.4 Å². The van der Waals surface area contributed by atoms with Gasteiger partial charge in [-0.3, -0.25) is 9.59 Å². The number of benzene rings is 2. The number of piperazine rings is 1. The molecule has 6 rings (SSSR count). The number of carbonyl (C=O) groups excluding carboxylic acids is 4. The van der Waals surface area contributed by atoms with Crippen molar-refractivity contribution < 1.29 is 23.9 Å². The van der Waals surface area contributed by atoms with Gasteiger partial charge in [-0.05, 0) is 85.5 Å². The quantitative estimate of drug-likeness (QED) is 0.142. The van der Waals surface area contributed by atoms with E-state index in [4.69, 9.17) is 21.3 Å². The van der Waals surface area contributed by atoms with Crippen LogP contribution in [0.15, 0.2) is 60.9 Å². The first-order valence-corrected chi connectivity index (χ1v) is 19.7. The van der Waals surface area contributed by atoms with Gasteiger partial charge in [0, 0.05) is 45.0 Å². The summed E-state index contributed by atoms with van der Waals surface area (Å²) in [7, 11) is 2.92. The number of imidazole rings is 1. The third-order valence-electron chi connectivity index (χ3n) is 10.9. The fourth-order valence-corrected chi connectivity index (χ4v) is 7.97. The number of hydrogen-bond acceptors (Lipinski definition) is 8. The average Bonchev–Trinajstić information content (AvgIpc) is 3.85. The Balaban J connectivity index is 1.11. The van der Waals surface area contributed by atoms with Crippen LogP contribution in [0.1, 0.15) is 68.8 Å².